The van der Waals surface area contributed by atoms with Crippen molar-refractivity contribution in [1.29, 1.82) is 0 Å². The number of thioether (sulfide) groups is 1. The number of aryl methyl sites for hydroxylation is 2. The molecular weight excluding hydrogens is 368 g/mol. The lowest BCUT2D eigenvalue weighted by Gasteiger charge is -2.23. The Hall–Kier alpha value is -1.66. The number of hydrogen-bond acceptors (Lipinski definition) is 5. The quantitative estimate of drug-likeness (QED) is 0.432. The Morgan fingerprint density at radius 3 is 2.71 bits per heavy atom. The van der Waals surface area contributed by atoms with Gasteiger partial charge >= 0.3 is 0 Å². The molecule has 1 aliphatic carbocycles. The lowest BCUT2D eigenvalue weighted by Crippen LogP contribution is -2.23. The van der Waals surface area contributed by atoms with Gasteiger partial charge in [0.05, 0.1) is 11.8 Å². The van der Waals surface area contributed by atoms with Crippen molar-refractivity contribution in [2.24, 2.45) is 0 Å². The molecule has 1 atom stereocenters. The first-order valence-corrected chi connectivity index (χ1v) is 11.4. The van der Waals surface area contributed by atoms with Crippen LogP contribution in [0.2, 0.25) is 0 Å². The van der Waals surface area contributed by atoms with Crippen molar-refractivity contribution in [2.45, 2.75) is 70.1 Å². The van der Waals surface area contributed by atoms with E-state index in [1.807, 2.05) is 6.07 Å². The molecule has 1 unspecified atom stereocenters. The molecule has 1 heterocycles. The average molecular weight is 401 g/mol. The van der Waals surface area contributed by atoms with Crippen molar-refractivity contribution >= 4 is 17.5 Å². The van der Waals surface area contributed by atoms with Crippen LogP contribution in [0.1, 0.15) is 72.9 Å². The van der Waals surface area contributed by atoms with E-state index in [0.717, 1.165) is 55.2 Å². The summed E-state index contributed by atoms with van der Waals surface area (Å²) in [5.41, 5.74) is 3.58. The summed E-state index contributed by atoms with van der Waals surface area (Å²) in [5, 5.41) is 9.80. The molecule has 0 radical (unpaired) electrons. The van der Waals surface area contributed by atoms with Gasteiger partial charge in [0, 0.05) is 12.1 Å². The summed E-state index contributed by atoms with van der Waals surface area (Å²) in [6.45, 7) is 5.27. The molecule has 0 N–H and O–H groups in total. The van der Waals surface area contributed by atoms with Crippen molar-refractivity contribution in [3.63, 3.8) is 0 Å². The number of carbonyl (C=O) groups excluding carboxylic acids is 1. The van der Waals surface area contributed by atoms with Gasteiger partial charge in [0.2, 0.25) is 0 Å². The molecule has 0 aliphatic heterocycles. The first-order chi connectivity index (χ1) is 13.5. The number of hydrogen-bond donors (Lipinski definition) is 0. The third-order valence-electron chi connectivity index (χ3n) is 5.54. The number of Topliss-reactive ketones (excluding diaryl/α,β-unsaturated/α-hetero) is 1. The maximum Gasteiger partial charge on any atom is 0.191 e. The molecule has 2 aromatic rings. The van der Waals surface area contributed by atoms with Crippen molar-refractivity contribution in [2.75, 3.05) is 19.8 Å². The van der Waals surface area contributed by atoms with Crippen LogP contribution in [-0.2, 0) is 19.4 Å². The fourth-order valence-electron chi connectivity index (χ4n) is 3.92. The molecule has 0 saturated carbocycles. The van der Waals surface area contributed by atoms with E-state index in [0.29, 0.717) is 5.75 Å². The van der Waals surface area contributed by atoms with E-state index in [1.165, 1.54) is 29.3 Å². The second kappa shape index (κ2) is 9.70. The third-order valence-corrected chi connectivity index (χ3v) is 6.51. The van der Waals surface area contributed by atoms with E-state index in [2.05, 4.69) is 59.7 Å². The van der Waals surface area contributed by atoms with Crippen molar-refractivity contribution in [3.05, 3.63) is 40.7 Å². The van der Waals surface area contributed by atoms with Crippen LogP contribution in [0, 0.1) is 0 Å². The van der Waals surface area contributed by atoms with Crippen LogP contribution in [0.15, 0.2) is 23.4 Å². The van der Waals surface area contributed by atoms with Gasteiger partial charge in [-0.2, -0.15) is 0 Å². The van der Waals surface area contributed by atoms with Crippen LogP contribution in [0.5, 0.6) is 0 Å². The normalized spacial score (nSPS) is 14.5. The molecular formula is C22H32N4OS. The van der Waals surface area contributed by atoms with Crippen LogP contribution >= 0.6 is 11.8 Å². The first-order valence-electron chi connectivity index (χ1n) is 10.4. The largest absolute Gasteiger partial charge is 0.305 e. The zero-order valence-electron chi connectivity index (χ0n) is 17.6. The molecule has 1 aliphatic rings. The first kappa shape index (κ1) is 21.1. The molecule has 6 heteroatoms. The number of benzene rings is 1. The second-order valence-electron chi connectivity index (χ2n) is 7.78. The zero-order valence-corrected chi connectivity index (χ0v) is 18.4. The Balaban J connectivity index is 1.74. The smallest absolute Gasteiger partial charge is 0.191 e. The molecule has 28 heavy (non-hydrogen) atoms. The van der Waals surface area contributed by atoms with E-state index in [1.54, 1.807) is 0 Å². The maximum atomic E-state index is 12.8. The monoisotopic (exact) mass is 400 g/mol. The number of carbonyl (C=O) groups is 1. The summed E-state index contributed by atoms with van der Waals surface area (Å²) in [4.78, 5) is 15.0. The van der Waals surface area contributed by atoms with Gasteiger partial charge in [0.25, 0.3) is 0 Å². The number of nitrogens with zero attached hydrogens (tertiary/aromatic N) is 4. The minimum absolute atomic E-state index is 0.172. The van der Waals surface area contributed by atoms with Crippen LogP contribution in [0.25, 0.3) is 0 Å². The van der Waals surface area contributed by atoms with Gasteiger partial charge < -0.3 is 4.57 Å². The number of ketones is 1. The van der Waals surface area contributed by atoms with Crippen molar-refractivity contribution in [1.82, 2.24) is 19.7 Å². The van der Waals surface area contributed by atoms with Gasteiger partial charge in [-0.15, -0.1) is 10.2 Å². The Bertz CT molecular complexity index is 815. The van der Waals surface area contributed by atoms with E-state index in [4.69, 9.17) is 0 Å². The SMILES string of the molecule is CCCCn1c(SCC(=O)c2ccc3c(c2)CCC3)nnc1C(CC)N(C)C. The molecule has 0 saturated heterocycles. The van der Waals surface area contributed by atoms with Gasteiger partial charge in [0.1, 0.15) is 0 Å². The Kier molecular flexibility index (Phi) is 7.30. The minimum atomic E-state index is 0.172. The summed E-state index contributed by atoms with van der Waals surface area (Å²) < 4.78 is 2.22. The third kappa shape index (κ3) is 4.66. The minimum Gasteiger partial charge on any atom is -0.305 e. The Labute approximate surface area is 172 Å². The zero-order chi connectivity index (χ0) is 20.1. The van der Waals surface area contributed by atoms with Crippen LogP contribution < -0.4 is 0 Å². The highest BCUT2D eigenvalue weighted by molar-refractivity contribution is 7.99. The Morgan fingerprint density at radius 2 is 2.00 bits per heavy atom. The number of fused-ring (bicyclic) bond motifs is 1. The van der Waals surface area contributed by atoms with E-state index in [-0.39, 0.29) is 11.8 Å². The molecule has 3 rings (SSSR count). The lowest BCUT2D eigenvalue weighted by molar-refractivity contribution is 0.102. The average Bonchev–Trinajstić information content (AvgIpc) is 3.31. The van der Waals surface area contributed by atoms with Crippen molar-refractivity contribution < 1.29 is 4.79 Å². The summed E-state index contributed by atoms with van der Waals surface area (Å²) in [6.07, 6.45) is 6.63. The van der Waals surface area contributed by atoms with Gasteiger partial charge in [-0.3, -0.25) is 9.69 Å². The molecule has 1 aromatic carbocycles. The predicted molar refractivity (Wildman–Crippen MR) is 115 cm³/mol. The topological polar surface area (TPSA) is 51.0 Å². The summed E-state index contributed by atoms with van der Waals surface area (Å²) in [5.74, 6) is 1.58. The lowest BCUT2D eigenvalue weighted by atomic mass is 10.0. The van der Waals surface area contributed by atoms with E-state index < -0.39 is 0 Å². The van der Waals surface area contributed by atoms with Crippen LogP contribution in [-0.4, -0.2) is 45.3 Å². The van der Waals surface area contributed by atoms with E-state index >= 15 is 0 Å². The summed E-state index contributed by atoms with van der Waals surface area (Å²) in [6, 6.07) is 6.45. The molecule has 0 spiro atoms. The second-order valence-corrected chi connectivity index (χ2v) is 8.73. The van der Waals surface area contributed by atoms with Gasteiger partial charge in [-0.05, 0) is 63.4 Å². The van der Waals surface area contributed by atoms with E-state index in [9.17, 15) is 4.79 Å². The predicted octanol–water partition coefficient (Wildman–Crippen LogP) is 4.55. The highest BCUT2D eigenvalue weighted by Gasteiger charge is 2.22. The number of rotatable bonds is 10. The molecule has 0 fully saturated rings. The molecule has 5 nitrogen and oxygen atoms in total. The highest BCUT2D eigenvalue weighted by Crippen LogP contribution is 2.27. The molecule has 152 valence electrons. The fourth-order valence-corrected chi connectivity index (χ4v) is 4.78. The van der Waals surface area contributed by atoms with Crippen LogP contribution in [0.4, 0.5) is 0 Å². The highest BCUT2D eigenvalue weighted by atomic mass is 32.2. The standard InChI is InChI=1S/C22H32N4OS/c1-5-7-13-26-21(19(6-2)25(3)4)23-24-22(26)28-15-20(27)18-12-11-16-9-8-10-17(16)14-18/h11-12,14,19H,5-10,13,15H2,1-4H3. The van der Waals surface area contributed by atoms with Crippen molar-refractivity contribution in [3.8, 4) is 0 Å². The maximum absolute atomic E-state index is 12.8. The molecule has 1 aromatic heterocycles. The van der Waals surface area contributed by atoms with Gasteiger partial charge in [0.15, 0.2) is 16.8 Å². The summed E-state index contributed by atoms with van der Waals surface area (Å²) >= 11 is 1.52. The molecule has 0 amide bonds. The number of unbranched alkanes of at least 4 members (excludes halogenated alkanes) is 1. The number of aromatic nitrogens is 3. The van der Waals surface area contributed by atoms with Gasteiger partial charge in [-0.1, -0.05) is 44.2 Å². The fraction of sp³-hybridized carbons (Fsp3) is 0.591. The molecule has 0 bridgehead atoms. The van der Waals surface area contributed by atoms with Gasteiger partial charge in [-0.25, -0.2) is 0 Å². The summed E-state index contributed by atoms with van der Waals surface area (Å²) in [7, 11) is 4.16. The Morgan fingerprint density at radius 1 is 1.21 bits per heavy atom. The van der Waals surface area contributed by atoms with Crippen LogP contribution in [0.3, 0.4) is 0 Å².